The molecule has 3 aromatic carbocycles. The highest BCUT2D eigenvalue weighted by Gasteiger charge is 2.35. The highest BCUT2D eigenvalue weighted by Crippen LogP contribution is 2.28. The van der Waals surface area contributed by atoms with Gasteiger partial charge < -0.3 is 10.2 Å². The van der Waals surface area contributed by atoms with Gasteiger partial charge >= 0.3 is 0 Å². The first-order chi connectivity index (χ1) is 19.6. The molecule has 226 valence electrons. The van der Waals surface area contributed by atoms with Crippen molar-refractivity contribution in [1.29, 1.82) is 0 Å². The zero-order valence-corrected chi connectivity index (χ0v) is 27.1. The van der Waals surface area contributed by atoms with E-state index in [4.69, 9.17) is 11.6 Å². The van der Waals surface area contributed by atoms with Gasteiger partial charge in [0.05, 0.1) is 10.6 Å². The molecule has 0 aliphatic heterocycles. The highest BCUT2D eigenvalue weighted by molar-refractivity contribution is 7.92. The minimum atomic E-state index is -4.14. The lowest BCUT2D eigenvalue weighted by Gasteiger charge is -2.35. The molecule has 0 spiro atoms. The van der Waals surface area contributed by atoms with Crippen LogP contribution in [0.1, 0.15) is 70.6 Å². The maximum atomic E-state index is 14.2. The Bertz CT molecular complexity index is 1480. The smallest absolute Gasteiger partial charge is 0.264 e. The van der Waals surface area contributed by atoms with Gasteiger partial charge in [0.1, 0.15) is 12.6 Å². The number of rotatable bonds is 11. The molecule has 0 heterocycles. The number of nitrogens with one attached hydrogen (secondary N) is 1. The Hall–Kier alpha value is -3.36. The molecule has 0 aromatic heterocycles. The lowest BCUT2D eigenvalue weighted by molar-refractivity contribution is -0.141. The lowest BCUT2D eigenvalue weighted by Crippen LogP contribution is -2.55. The summed E-state index contributed by atoms with van der Waals surface area (Å²) in [5, 5.41) is 3.42. The molecule has 9 heteroatoms. The molecule has 0 aliphatic carbocycles. The second kappa shape index (κ2) is 13.7. The molecule has 0 unspecified atom stereocenters. The van der Waals surface area contributed by atoms with E-state index in [0.29, 0.717) is 22.7 Å². The Labute approximate surface area is 255 Å². The second-order valence-corrected chi connectivity index (χ2v) is 14.1. The third kappa shape index (κ3) is 8.35. The van der Waals surface area contributed by atoms with E-state index in [1.54, 1.807) is 42.5 Å². The minimum absolute atomic E-state index is 0.0410. The zero-order valence-electron chi connectivity index (χ0n) is 25.5. The van der Waals surface area contributed by atoms with Crippen molar-refractivity contribution in [3.63, 3.8) is 0 Å². The van der Waals surface area contributed by atoms with Crippen molar-refractivity contribution < 1.29 is 18.0 Å². The van der Waals surface area contributed by atoms with Crippen molar-refractivity contribution in [3.05, 3.63) is 94.5 Å². The molecule has 42 heavy (non-hydrogen) atoms. The third-order valence-corrected chi connectivity index (χ3v) is 9.08. The molecule has 0 saturated heterocycles. The van der Waals surface area contributed by atoms with Gasteiger partial charge in [0.15, 0.2) is 0 Å². The quantitative estimate of drug-likeness (QED) is 0.262. The number of amides is 2. The number of aryl methyl sites for hydroxylation is 1. The Kier molecular flexibility index (Phi) is 10.8. The molecular weight excluding hydrogens is 570 g/mol. The molecule has 7 nitrogen and oxygen atoms in total. The third-order valence-electron chi connectivity index (χ3n) is 6.92. The Balaban J connectivity index is 2.10. The number of benzene rings is 3. The minimum Gasteiger partial charge on any atom is -0.350 e. The standard InChI is InChI=1S/C33H42ClN3O4S/c1-8-30(32(39)35-33(5,6)7)36(21-26-11-9-10-12-29(26)34)31(38)22-37(27-17-15-25(16-18-27)23(2)3)42(40,41)28-19-13-24(4)14-20-28/h9-20,23,30H,8,21-22H2,1-7H3,(H,35,39)/t30-/m0/s1. The molecule has 3 aromatic rings. The number of nitrogens with zero attached hydrogens (tertiary/aromatic N) is 2. The van der Waals surface area contributed by atoms with Crippen LogP contribution in [0.15, 0.2) is 77.7 Å². The van der Waals surface area contributed by atoms with Gasteiger partial charge in [-0.1, -0.05) is 80.4 Å². The van der Waals surface area contributed by atoms with Gasteiger partial charge in [-0.25, -0.2) is 8.42 Å². The van der Waals surface area contributed by atoms with E-state index in [1.165, 1.54) is 17.0 Å². The summed E-state index contributed by atoms with van der Waals surface area (Å²) in [4.78, 5) is 29.2. The van der Waals surface area contributed by atoms with Crippen molar-refractivity contribution in [2.45, 2.75) is 83.8 Å². The van der Waals surface area contributed by atoms with Gasteiger partial charge in [-0.15, -0.1) is 0 Å². The van der Waals surface area contributed by atoms with Crippen molar-refractivity contribution in [2.75, 3.05) is 10.8 Å². The van der Waals surface area contributed by atoms with Crippen LogP contribution in [0.5, 0.6) is 0 Å². The topological polar surface area (TPSA) is 86.8 Å². The summed E-state index contributed by atoms with van der Waals surface area (Å²) in [5.41, 5.74) is 2.45. The maximum Gasteiger partial charge on any atom is 0.264 e. The average molecular weight is 612 g/mol. The molecule has 0 aliphatic rings. The monoisotopic (exact) mass is 611 g/mol. The normalized spacial score (nSPS) is 12.6. The van der Waals surface area contributed by atoms with E-state index in [-0.39, 0.29) is 23.3 Å². The van der Waals surface area contributed by atoms with E-state index in [2.05, 4.69) is 19.2 Å². The average Bonchev–Trinajstić information content (AvgIpc) is 2.91. The first-order valence-corrected chi connectivity index (χ1v) is 16.0. The molecule has 1 atom stereocenters. The zero-order chi connectivity index (χ0) is 31.2. The van der Waals surface area contributed by atoms with Crippen LogP contribution in [-0.2, 0) is 26.2 Å². The van der Waals surface area contributed by atoms with Crippen LogP contribution in [0.4, 0.5) is 5.69 Å². The molecule has 1 N–H and O–H groups in total. The van der Waals surface area contributed by atoms with E-state index in [9.17, 15) is 18.0 Å². The van der Waals surface area contributed by atoms with Gasteiger partial charge in [0, 0.05) is 17.1 Å². The van der Waals surface area contributed by atoms with Crippen molar-refractivity contribution in [3.8, 4) is 0 Å². The summed E-state index contributed by atoms with van der Waals surface area (Å²) in [6.07, 6.45) is 0.325. The van der Waals surface area contributed by atoms with E-state index in [1.807, 2.05) is 52.8 Å². The van der Waals surface area contributed by atoms with Gasteiger partial charge in [0.2, 0.25) is 11.8 Å². The number of carbonyl (C=O) groups is 2. The number of anilines is 1. The maximum absolute atomic E-state index is 14.2. The summed E-state index contributed by atoms with van der Waals surface area (Å²) in [6.45, 7) is 13.0. The molecule has 2 amide bonds. The Morgan fingerprint density at radius 3 is 2.05 bits per heavy atom. The summed E-state index contributed by atoms with van der Waals surface area (Å²) >= 11 is 6.47. The van der Waals surface area contributed by atoms with Crippen LogP contribution in [0.2, 0.25) is 5.02 Å². The van der Waals surface area contributed by atoms with E-state index >= 15 is 0 Å². The number of sulfonamides is 1. The van der Waals surface area contributed by atoms with Gasteiger partial charge in [-0.05, 0) is 81.5 Å². The van der Waals surface area contributed by atoms with Gasteiger partial charge in [-0.2, -0.15) is 0 Å². The van der Waals surface area contributed by atoms with Crippen LogP contribution in [0.3, 0.4) is 0 Å². The summed E-state index contributed by atoms with van der Waals surface area (Å²) in [7, 11) is -4.14. The molecule has 0 radical (unpaired) electrons. The molecule has 0 bridgehead atoms. The Morgan fingerprint density at radius 2 is 1.52 bits per heavy atom. The van der Waals surface area contributed by atoms with Crippen LogP contribution >= 0.6 is 11.6 Å². The van der Waals surface area contributed by atoms with E-state index < -0.39 is 34.1 Å². The fourth-order valence-electron chi connectivity index (χ4n) is 4.57. The molecule has 0 fully saturated rings. The first kappa shape index (κ1) is 33.1. The number of hydrogen-bond acceptors (Lipinski definition) is 4. The van der Waals surface area contributed by atoms with Crippen LogP contribution in [0, 0.1) is 6.92 Å². The fraction of sp³-hybridized carbons (Fsp3) is 0.394. The summed E-state index contributed by atoms with van der Waals surface area (Å²) in [5.74, 6) is -0.588. The second-order valence-electron chi connectivity index (χ2n) is 11.8. The summed E-state index contributed by atoms with van der Waals surface area (Å²) in [6, 6.07) is 20.0. The molecular formula is C33H42ClN3O4S. The highest BCUT2D eigenvalue weighted by atomic mass is 35.5. The predicted octanol–water partition coefficient (Wildman–Crippen LogP) is 6.69. The number of hydrogen-bond donors (Lipinski definition) is 1. The summed E-state index contributed by atoms with van der Waals surface area (Å²) < 4.78 is 29.2. The molecule has 3 rings (SSSR count). The van der Waals surface area contributed by atoms with Gasteiger partial charge in [-0.3, -0.25) is 13.9 Å². The predicted molar refractivity (Wildman–Crippen MR) is 170 cm³/mol. The van der Waals surface area contributed by atoms with Crippen molar-refractivity contribution in [1.82, 2.24) is 10.2 Å². The Morgan fingerprint density at radius 1 is 0.929 bits per heavy atom. The lowest BCUT2D eigenvalue weighted by atomic mass is 10.0. The van der Waals surface area contributed by atoms with Gasteiger partial charge in [0.25, 0.3) is 10.0 Å². The largest absolute Gasteiger partial charge is 0.350 e. The SMILES string of the molecule is CC[C@@H](C(=O)NC(C)(C)C)N(Cc1ccccc1Cl)C(=O)CN(c1ccc(C(C)C)cc1)S(=O)(=O)c1ccc(C)cc1. The van der Waals surface area contributed by atoms with Crippen molar-refractivity contribution >= 4 is 39.1 Å². The fourth-order valence-corrected chi connectivity index (χ4v) is 6.18. The van der Waals surface area contributed by atoms with Crippen LogP contribution in [0.25, 0.3) is 0 Å². The van der Waals surface area contributed by atoms with Crippen LogP contribution in [-0.4, -0.2) is 43.3 Å². The number of halogens is 1. The first-order valence-electron chi connectivity index (χ1n) is 14.2. The number of carbonyl (C=O) groups excluding carboxylic acids is 2. The molecule has 0 saturated carbocycles. The van der Waals surface area contributed by atoms with Crippen LogP contribution < -0.4 is 9.62 Å². The van der Waals surface area contributed by atoms with E-state index in [0.717, 1.165) is 15.4 Å². The van der Waals surface area contributed by atoms with Crippen molar-refractivity contribution in [2.24, 2.45) is 0 Å².